The van der Waals surface area contributed by atoms with Crippen LogP contribution in [0.1, 0.15) is 36.3 Å². The first-order valence-corrected chi connectivity index (χ1v) is 9.25. The van der Waals surface area contributed by atoms with Gasteiger partial charge in [0.25, 0.3) is 0 Å². The summed E-state index contributed by atoms with van der Waals surface area (Å²) in [7, 11) is 1.70. The van der Waals surface area contributed by atoms with Gasteiger partial charge in [0.1, 0.15) is 5.75 Å². The van der Waals surface area contributed by atoms with Crippen LogP contribution in [-0.2, 0) is 11.3 Å². The molecule has 2 aliphatic rings. The quantitative estimate of drug-likeness (QED) is 0.920. The molecule has 3 heterocycles. The van der Waals surface area contributed by atoms with Gasteiger partial charge >= 0.3 is 0 Å². The van der Waals surface area contributed by atoms with Gasteiger partial charge in [0.2, 0.25) is 5.91 Å². The van der Waals surface area contributed by atoms with E-state index in [-0.39, 0.29) is 17.4 Å². The third-order valence-electron chi connectivity index (χ3n) is 5.84. The van der Waals surface area contributed by atoms with Crippen molar-refractivity contribution in [1.29, 1.82) is 0 Å². The summed E-state index contributed by atoms with van der Waals surface area (Å²) in [5.41, 5.74) is 2.38. The first kappa shape index (κ1) is 17.0. The largest absolute Gasteiger partial charge is 0.497 e. The molecule has 1 spiro atoms. The van der Waals surface area contributed by atoms with E-state index in [2.05, 4.69) is 39.5 Å². The summed E-state index contributed by atoms with van der Waals surface area (Å²) in [5.74, 6) is 1.32. The van der Waals surface area contributed by atoms with Crippen LogP contribution in [0.2, 0.25) is 0 Å². The molecular formula is C21H25N3O2. The molecule has 0 radical (unpaired) electrons. The second-order valence-electron chi connectivity index (χ2n) is 7.37. The van der Waals surface area contributed by atoms with Gasteiger partial charge in [-0.3, -0.25) is 14.7 Å². The van der Waals surface area contributed by atoms with E-state index in [4.69, 9.17) is 4.74 Å². The molecular weight excluding hydrogens is 326 g/mol. The summed E-state index contributed by atoms with van der Waals surface area (Å²) in [6, 6.07) is 12.4. The third kappa shape index (κ3) is 3.31. The predicted molar refractivity (Wildman–Crippen MR) is 100.0 cm³/mol. The molecule has 2 saturated heterocycles. The lowest BCUT2D eigenvalue weighted by Crippen LogP contribution is -2.53. The van der Waals surface area contributed by atoms with E-state index in [1.54, 1.807) is 7.11 Å². The van der Waals surface area contributed by atoms with Gasteiger partial charge in [-0.25, -0.2) is 0 Å². The van der Waals surface area contributed by atoms with E-state index in [9.17, 15) is 4.79 Å². The zero-order valence-electron chi connectivity index (χ0n) is 15.1. The topological polar surface area (TPSA) is 54.5 Å². The van der Waals surface area contributed by atoms with E-state index >= 15 is 0 Å². The van der Waals surface area contributed by atoms with Crippen LogP contribution >= 0.6 is 0 Å². The average Bonchev–Trinajstić information content (AvgIpc) is 3.00. The van der Waals surface area contributed by atoms with Gasteiger partial charge in [-0.15, -0.1) is 0 Å². The van der Waals surface area contributed by atoms with Gasteiger partial charge in [0, 0.05) is 49.9 Å². The second kappa shape index (κ2) is 7.08. The predicted octanol–water partition coefficient (Wildman–Crippen LogP) is 2.73. The van der Waals surface area contributed by atoms with E-state index in [0.29, 0.717) is 6.42 Å². The molecule has 0 bridgehead atoms. The van der Waals surface area contributed by atoms with Crippen molar-refractivity contribution in [2.24, 2.45) is 0 Å². The van der Waals surface area contributed by atoms with Crippen LogP contribution in [0, 0.1) is 0 Å². The second-order valence-corrected chi connectivity index (χ2v) is 7.37. The number of benzene rings is 1. The number of amides is 1. The molecule has 0 saturated carbocycles. The van der Waals surface area contributed by atoms with E-state index in [1.165, 1.54) is 11.1 Å². The Bertz CT molecular complexity index is 770. The summed E-state index contributed by atoms with van der Waals surface area (Å²) in [6.07, 6.45) is 6.19. The molecule has 136 valence electrons. The molecule has 1 atom stereocenters. The molecule has 5 nitrogen and oxygen atoms in total. The number of ether oxygens (including phenoxy) is 1. The van der Waals surface area contributed by atoms with Crippen molar-refractivity contribution in [3.8, 4) is 5.75 Å². The maximum atomic E-state index is 12.2. The standard InChI is InChI=1S/C21H25N3O2/c1-26-18-4-2-3-16(13-18)15-24-11-7-21(8-12-24)19(14-20(25)23-21)17-5-9-22-10-6-17/h2-6,9-10,13,19H,7-8,11-12,14-15H2,1H3,(H,23,25). The minimum atomic E-state index is -0.108. The SMILES string of the molecule is COc1cccc(CN2CCC3(CC2)NC(=O)CC3c2ccncc2)c1. The van der Waals surface area contributed by atoms with E-state index in [1.807, 2.05) is 24.5 Å². The highest BCUT2D eigenvalue weighted by atomic mass is 16.5. The summed E-state index contributed by atoms with van der Waals surface area (Å²) >= 11 is 0. The Morgan fingerprint density at radius 1 is 1.23 bits per heavy atom. The number of hydrogen-bond donors (Lipinski definition) is 1. The molecule has 1 amide bonds. The molecule has 2 aliphatic heterocycles. The highest BCUT2D eigenvalue weighted by Gasteiger charge is 2.48. The minimum absolute atomic E-state index is 0.108. The minimum Gasteiger partial charge on any atom is -0.497 e. The lowest BCUT2D eigenvalue weighted by Gasteiger charge is -2.43. The van der Waals surface area contributed by atoms with Crippen molar-refractivity contribution in [2.75, 3.05) is 20.2 Å². The number of methoxy groups -OCH3 is 1. The van der Waals surface area contributed by atoms with Gasteiger partial charge in [0.15, 0.2) is 0 Å². The normalized spacial score (nSPS) is 22.3. The fraction of sp³-hybridized carbons (Fsp3) is 0.429. The van der Waals surface area contributed by atoms with Crippen molar-refractivity contribution in [3.05, 3.63) is 59.9 Å². The molecule has 1 N–H and O–H groups in total. The number of carbonyl (C=O) groups is 1. The highest BCUT2D eigenvalue weighted by molar-refractivity contribution is 5.81. The van der Waals surface area contributed by atoms with Crippen LogP contribution in [0.4, 0.5) is 0 Å². The molecule has 5 heteroatoms. The van der Waals surface area contributed by atoms with Gasteiger partial charge in [-0.1, -0.05) is 12.1 Å². The van der Waals surface area contributed by atoms with Crippen LogP contribution in [0.15, 0.2) is 48.8 Å². The maximum absolute atomic E-state index is 12.2. The van der Waals surface area contributed by atoms with Gasteiger partial charge in [-0.2, -0.15) is 0 Å². The number of nitrogens with one attached hydrogen (secondary N) is 1. The van der Waals surface area contributed by atoms with Crippen LogP contribution in [0.3, 0.4) is 0 Å². The number of rotatable bonds is 4. The van der Waals surface area contributed by atoms with Gasteiger partial charge in [0.05, 0.1) is 7.11 Å². The molecule has 1 unspecified atom stereocenters. The van der Waals surface area contributed by atoms with Crippen molar-refractivity contribution >= 4 is 5.91 Å². The Morgan fingerprint density at radius 2 is 2.00 bits per heavy atom. The first-order chi connectivity index (χ1) is 12.7. The van der Waals surface area contributed by atoms with Crippen LogP contribution in [0.5, 0.6) is 5.75 Å². The number of pyridine rings is 1. The molecule has 4 rings (SSSR count). The van der Waals surface area contributed by atoms with Crippen molar-refractivity contribution in [3.63, 3.8) is 0 Å². The Hall–Kier alpha value is -2.40. The monoisotopic (exact) mass is 351 g/mol. The molecule has 2 aromatic rings. The summed E-state index contributed by atoms with van der Waals surface area (Å²) < 4.78 is 5.32. The molecule has 2 fully saturated rings. The number of piperidine rings is 1. The molecule has 1 aromatic carbocycles. The number of hydrogen-bond acceptors (Lipinski definition) is 4. The summed E-state index contributed by atoms with van der Waals surface area (Å²) in [4.78, 5) is 18.8. The Morgan fingerprint density at radius 3 is 2.73 bits per heavy atom. The number of aromatic nitrogens is 1. The van der Waals surface area contributed by atoms with Gasteiger partial charge < -0.3 is 10.1 Å². The van der Waals surface area contributed by atoms with Crippen molar-refractivity contribution < 1.29 is 9.53 Å². The molecule has 1 aromatic heterocycles. The average molecular weight is 351 g/mol. The molecule has 0 aliphatic carbocycles. The Labute approximate surface area is 154 Å². The Kier molecular flexibility index (Phi) is 4.64. The summed E-state index contributed by atoms with van der Waals surface area (Å²) in [6.45, 7) is 2.89. The van der Waals surface area contributed by atoms with Crippen molar-refractivity contribution in [1.82, 2.24) is 15.2 Å². The fourth-order valence-electron chi connectivity index (χ4n) is 4.44. The van der Waals surface area contributed by atoms with E-state index < -0.39 is 0 Å². The number of carbonyl (C=O) groups excluding carboxylic acids is 1. The Balaban J connectivity index is 1.45. The van der Waals surface area contributed by atoms with Crippen LogP contribution in [0.25, 0.3) is 0 Å². The fourth-order valence-corrected chi connectivity index (χ4v) is 4.44. The summed E-state index contributed by atoms with van der Waals surface area (Å²) in [5, 5.41) is 3.31. The highest BCUT2D eigenvalue weighted by Crippen LogP contribution is 2.43. The molecule has 26 heavy (non-hydrogen) atoms. The third-order valence-corrected chi connectivity index (χ3v) is 5.84. The maximum Gasteiger partial charge on any atom is 0.221 e. The number of likely N-dealkylation sites (tertiary alicyclic amines) is 1. The zero-order chi connectivity index (χ0) is 18.0. The van der Waals surface area contributed by atoms with Crippen molar-refractivity contribution in [2.45, 2.75) is 37.3 Å². The van der Waals surface area contributed by atoms with Gasteiger partial charge in [-0.05, 0) is 48.2 Å². The van der Waals surface area contributed by atoms with Crippen LogP contribution in [-0.4, -0.2) is 41.5 Å². The first-order valence-electron chi connectivity index (χ1n) is 9.25. The lowest BCUT2D eigenvalue weighted by molar-refractivity contribution is -0.120. The number of nitrogens with zero attached hydrogens (tertiary/aromatic N) is 2. The smallest absolute Gasteiger partial charge is 0.221 e. The van der Waals surface area contributed by atoms with E-state index in [0.717, 1.165) is 38.2 Å². The lowest BCUT2D eigenvalue weighted by atomic mass is 9.74. The zero-order valence-corrected chi connectivity index (χ0v) is 15.1. The van der Waals surface area contributed by atoms with Crippen LogP contribution < -0.4 is 10.1 Å².